The number of benzene rings is 2. The van der Waals surface area contributed by atoms with E-state index >= 15 is 0 Å². The van der Waals surface area contributed by atoms with E-state index in [4.69, 9.17) is 0 Å². The molecule has 0 N–H and O–H groups in total. The largest absolute Gasteiger partial charge is 0.573 e. The lowest BCUT2D eigenvalue weighted by Gasteiger charge is -2.41. The lowest BCUT2D eigenvalue weighted by Crippen LogP contribution is -2.29. The van der Waals surface area contributed by atoms with Crippen molar-refractivity contribution in [2.24, 2.45) is 17.8 Å². The number of halogens is 6. The lowest BCUT2D eigenvalue weighted by molar-refractivity contribution is -0.276. The van der Waals surface area contributed by atoms with Crippen molar-refractivity contribution in [3.05, 3.63) is 53.3 Å². The van der Waals surface area contributed by atoms with Gasteiger partial charge in [0.2, 0.25) is 5.75 Å². The van der Waals surface area contributed by atoms with Crippen LogP contribution < -0.4 is 4.74 Å². The normalized spacial score (nSPS) is 26.4. The van der Waals surface area contributed by atoms with Crippen LogP contribution in [0.15, 0.2) is 30.3 Å². The van der Waals surface area contributed by atoms with Crippen molar-refractivity contribution in [2.45, 2.75) is 57.7 Å². The van der Waals surface area contributed by atoms with E-state index in [1.807, 2.05) is 0 Å². The first kappa shape index (κ1) is 22.0. The van der Waals surface area contributed by atoms with Crippen molar-refractivity contribution in [2.75, 3.05) is 0 Å². The van der Waals surface area contributed by atoms with Crippen molar-refractivity contribution in [3.63, 3.8) is 0 Å². The summed E-state index contributed by atoms with van der Waals surface area (Å²) in [6.45, 7) is 2.30. The molecule has 31 heavy (non-hydrogen) atoms. The molecule has 1 unspecified atom stereocenters. The second-order valence-electron chi connectivity index (χ2n) is 9.00. The van der Waals surface area contributed by atoms with Gasteiger partial charge >= 0.3 is 6.36 Å². The first-order chi connectivity index (χ1) is 14.6. The van der Waals surface area contributed by atoms with Crippen LogP contribution in [-0.2, 0) is 0 Å². The van der Waals surface area contributed by atoms with E-state index in [0.717, 1.165) is 36.7 Å². The van der Waals surface area contributed by atoms with Gasteiger partial charge in [-0.15, -0.1) is 13.2 Å². The van der Waals surface area contributed by atoms with E-state index in [0.29, 0.717) is 18.1 Å². The molecular weight excluding hydrogens is 418 g/mol. The van der Waals surface area contributed by atoms with E-state index in [-0.39, 0.29) is 17.0 Å². The minimum atomic E-state index is -5.23. The Labute approximate surface area is 177 Å². The van der Waals surface area contributed by atoms with Gasteiger partial charge in [0.25, 0.3) is 0 Å². The van der Waals surface area contributed by atoms with Gasteiger partial charge < -0.3 is 4.74 Å². The summed E-state index contributed by atoms with van der Waals surface area (Å²) in [5.74, 6) is -2.87. The number of alkyl halides is 3. The Balaban J connectivity index is 1.54. The van der Waals surface area contributed by atoms with Gasteiger partial charge in [0.05, 0.1) is 0 Å². The van der Waals surface area contributed by atoms with Crippen LogP contribution in [0.4, 0.5) is 26.3 Å². The third-order valence-corrected chi connectivity index (χ3v) is 6.87. The quantitative estimate of drug-likeness (QED) is 0.438. The van der Waals surface area contributed by atoms with Crippen molar-refractivity contribution >= 4 is 0 Å². The maximum Gasteiger partial charge on any atom is 0.573 e. The van der Waals surface area contributed by atoms with Crippen molar-refractivity contribution in [3.8, 4) is 16.9 Å². The molecule has 168 valence electrons. The smallest absolute Gasteiger partial charge is 0.399 e. The number of fused-ring (bicyclic) bond motifs is 1. The number of hydrogen-bond donors (Lipinski definition) is 0. The summed E-state index contributed by atoms with van der Waals surface area (Å²) in [5, 5.41) is 0. The fourth-order valence-corrected chi connectivity index (χ4v) is 5.37. The Hall–Kier alpha value is -2.18. The third kappa shape index (κ3) is 4.85. The molecule has 2 aromatic carbocycles. The second-order valence-corrected chi connectivity index (χ2v) is 9.00. The lowest BCUT2D eigenvalue weighted by atomic mass is 9.64. The van der Waals surface area contributed by atoms with Gasteiger partial charge in [-0.1, -0.05) is 25.5 Å². The zero-order valence-corrected chi connectivity index (χ0v) is 17.1. The number of hydrogen-bond acceptors (Lipinski definition) is 1. The van der Waals surface area contributed by atoms with Gasteiger partial charge in [0.1, 0.15) is 5.82 Å². The molecule has 2 aromatic rings. The van der Waals surface area contributed by atoms with Crippen LogP contribution in [0.1, 0.15) is 56.9 Å². The summed E-state index contributed by atoms with van der Waals surface area (Å²) in [4.78, 5) is 0. The molecule has 2 aliphatic carbocycles. The highest BCUT2D eigenvalue weighted by Crippen LogP contribution is 2.47. The van der Waals surface area contributed by atoms with Crippen molar-refractivity contribution in [1.29, 1.82) is 0 Å². The standard InChI is InChI=1S/C24H24F6O/c1-13-2-3-15-9-16(5-4-14(15)8-13)17-6-7-19(20(25)10-17)18-11-21(26)23(22(27)12-18)31-24(28,29)30/h6-7,10-16H,2-5,8-9H2,1H3/t13?,14-,15-,16-/m1/s1. The molecule has 2 aliphatic rings. The highest BCUT2D eigenvalue weighted by molar-refractivity contribution is 5.66. The molecule has 0 saturated heterocycles. The van der Waals surface area contributed by atoms with Gasteiger partial charge in [-0.2, -0.15) is 0 Å². The second kappa shape index (κ2) is 8.40. The Kier molecular flexibility index (Phi) is 5.97. The minimum absolute atomic E-state index is 0.0692. The molecule has 4 rings (SSSR count). The van der Waals surface area contributed by atoms with Crippen LogP contribution in [0, 0.1) is 35.2 Å². The van der Waals surface area contributed by atoms with Gasteiger partial charge in [-0.25, -0.2) is 13.2 Å². The summed E-state index contributed by atoms with van der Waals surface area (Å²) < 4.78 is 83.2. The fraction of sp³-hybridized carbons (Fsp3) is 0.500. The van der Waals surface area contributed by atoms with Gasteiger partial charge in [0, 0.05) is 5.56 Å². The van der Waals surface area contributed by atoms with E-state index < -0.39 is 29.6 Å². The Bertz CT molecular complexity index is 931. The van der Waals surface area contributed by atoms with E-state index in [9.17, 15) is 26.3 Å². The van der Waals surface area contributed by atoms with Crippen LogP contribution in [0.2, 0.25) is 0 Å². The van der Waals surface area contributed by atoms with E-state index in [1.54, 1.807) is 6.07 Å². The maximum absolute atomic E-state index is 14.9. The van der Waals surface area contributed by atoms with Crippen LogP contribution in [0.3, 0.4) is 0 Å². The summed E-state index contributed by atoms with van der Waals surface area (Å²) in [6.07, 6.45) is 1.59. The van der Waals surface area contributed by atoms with E-state index in [2.05, 4.69) is 11.7 Å². The molecule has 7 heteroatoms. The Morgan fingerprint density at radius 3 is 2.10 bits per heavy atom. The van der Waals surface area contributed by atoms with Crippen molar-refractivity contribution in [1.82, 2.24) is 0 Å². The molecule has 2 fully saturated rings. The molecule has 0 aromatic heterocycles. The third-order valence-electron chi connectivity index (χ3n) is 6.87. The van der Waals surface area contributed by atoms with Crippen molar-refractivity contribution < 1.29 is 31.1 Å². The first-order valence-corrected chi connectivity index (χ1v) is 10.7. The van der Waals surface area contributed by atoms with Gasteiger partial charge in [-0.05, 0) is 85.1 Å². The molecule has 4 atom stereocenters. The topological polar surface area (TPSA) is 9.23 Å². The summed E-state index contributed by atoms with van der Waals surface area (Å²) in [6, 6.07) is 5.89. The zero-order valence-electron chi connectivity index (χ0n) is 17.1. The molecule has 0 aliphatic heterocycles. The zero-order chi connectivity index (χ0) is 22.3. The van der Waals surface area contributed by atoms with Crippen LogP contribution in [0.5, 0.6) is 5.75 Å². The average molecular weight is 442 g/mol. The van der Waals surface area contributed by atoms with Gasteiger partial charge in [-0.3, -0.25) is 0 Å². The summed E-state index contributed by atoms with van der Waals surface area (Å²) in [7, 11) is 0. The Morgan fingerprint density at radius 2 is 1.45 bits per heavy atom. The summed E-state index contributed by atoms with van der Waals surface area (Å²) in [5.41, 5.74) is 0.607. The van der Waals surface area contributed by atoms with Crippen LogP contribution in [0.25, 0.3) is 11.1 Å². The monoisotopic (exact) mass is 442 g/mol. The number of ether oxygens (including phenoxy) is 1. The highest BCUT2D eigenvalue weighted by atomic mass is 19.4. The predicted molar refractivity (Wildman–Crippen MR) is 105 cm³/mol. The Morgan fingerprint density at radius 1 is 0.806 bits per heavy atom. The minimum Gasteiger partial charge on any atom is -0.399 e. The summed E-state index contributed by atoms with van der Waals surface area (Å²) >= 11 is 0. The molecule has 0 amide bonds. The molecule has 0 spiro atoms. The first-order valence-electron chi connectivity index (χ1n) is 10.7. The number of rotatable bonds is 3. The SMILES string of the molecule is CC1CC[C@@H]2C[C@H](c3ccc(-c4cc(F)c(OC(F)(F)F)c(F)c4)c(F)c3)CC[C@@H]2C1. The average Bonchev–Trinajstić information content (AvgIpc) is 2.69. The molecule has 0 bridgehead atoms. The van der Waals surface area contributed by atoms with Crippen LogP contribution >= 0.6 is 0 Å². The fourth-order valence-electron chi connectivity index (χ4n) is 5.37. The van der Waals surface area contributed by atoms with Gasteiger partial charge in [0.15, 0.2) is 11.6 Å². The molecule has 1 nitrogen and oxygen atoms in total. The maximum atomic E-state index is 14.9. The molecule has 0 heterocycles. The highest BCUT2D eigenvalue weighted by Gasteiger charge is 2.36. The van der Waals surface area contributed by atoms with E-state index in [1.165, 1.54) is 31.4 Å². The molecule has 2 saturated carbocycles. The predicted octanol–water partition coefficient (Wildman–Crippen LogP) is 7.99. The molecular formula is C24H24F6O. The van der Waals surface area contributed by atoms with Crippen LogP contribution in [-0.4, -0.2) is 6.36 Å². The molecule has 0 radical (unpaired) electrons.